The average molecular weight is 867 g/mol. The predicted octanol–water partition coefficient (Wildman–Crippen LogP) is 3.94. The molecular weight excluding hydrogens is 801 g/mol. The number of ether oxygens (including phenoxy) is 5. The molecule has 1 saturated heterocycles. The van der Waals surface area contributed by atoms with E-state index in [1.54, 1.807) is 46.0 Å². The van der Waals surface area contributed by atoms with E-state index >= 15 is 0 Å². The lowest BCUT2D eigenvalue weighted by molar-refractivity contribution is -0.293. The van der Waals surface area contributed by atoms with Gasteiger partial charge in [-0.2, -0.15) is 0 Å². The van der Waals surface area contributed by atoms with Crippen LogP contribution in [0.5, 0.6) is 0 Å². The van der Waals surface area contributed by atoms with Crippen molar-refractivity contribution in [3.05, 3.63) is 65.3 Å². The SMILES string of the molecule is CC[C@H]1OC(=O)[C@H](C)C(=O)[C@H](C)[C@@H](O[C@@H]2O[C@H](C)C[C@H](N(C)C)[C@H]2O)[C@@]2(C)C[C@@H](C)/C(NC(C)=O)=C(/C)[C@@H](OC/C(NOCc3ccc(-c4cccc(N)n4)nc3)=C/O2)[C@]1(C)O. The van der Waals surface area contributed by atoms with E-state index in [2.05, 4.69) is 20.8 Å². The summed E-state index contributed by atoms with van der Waals surface area (Å²) < 4.78 is 32.4. The highest BCUT2D eigenvalue weighted by atomic mass is 16.7. The summed E-state index contributed by atoms with van der Waals surface area (Å²) in [6, 6.07) is 8.63. The van der Waals surface area contributed by atoms with E-state index in [9.17, 15) is 24.6 Å². The molecule has 5 rings (SSSR count). The maximum atomic E-state index is 14.5. The van der Waals surface area contributed by atoms with Crippen molar-refractivity contribution in [2.75, 3.05) is 26.4 Å². The number of allylic oxidation sites excluding steroid dienone is 1. The van der Waals surface area contributed by atoms with Crippen LogP contribution >= 0.6 is 0 Å². The van der Waals surface area contributed by atoms with Crippen LogP contribution in [0.2, 0.25) is 0 Å². The van der Waals surface area contributed by atoms with E-state index < -0.39 is 71.4 Å². The normalized spacial score (nSPS) is 35.9. The summed E-state index contributed by atoms with van der Waals surface area (Å²) in [7, 11) is 3.72. The van der Waals surface area contributed by atoms with Gasteiger partial charge in [0.05, 0.1) is 29.8 Å². The van der Waals surface area contributed by atoms with Crippen LogP contribution in [0, 0.1) is 17.8 Å². The van der Waals surface area contributed by atoms with Crippen LogP contribution < -0.4 is 16.5 Å². The van der Waals surface area contributed by atoms with Crippen molar-refractivity contribution in [1.82, 2.24) is 25.7 Å². The number of aliphatic hydroxyl groups excluding tert-OH is 1. The highest BCUT2D eigenvalue weighted by Gasteiger charge is 2.52. The fourth-order valence-corrected chi connectivity index (χ4v) is 8.83. The number of amides is 1. The molecule has 2 aromatic heterocycles. The van der Waals surface area contributed by atoms with Crippen molar-refractivity contribution in [1.29, 1.82) is 0 Å². The number of hydrogen-bond acceptors (Lipinski definition) is 16. The number of Topliss-reactive ketones (excluding diaryl/α,β-unsaturated/α-hetero) is 1. The second kappa shape index (κ2) is 20.3. The molecule has 62 heavy (non-hydrogen) atoms. The number of pyridine rings is 2. The first-order chi connectivity index (χ1) is 29.2. The van der Waals surface area contributed by atoms with E-state index in [1.165, 1.54) is 27.0 Å². The number of ketones is 1. The molecule has 6 N–H and O–H groups in total. The minimum absolute atomic E-state index is 0.0567. The van der Waals surface area contributed by atoms with Crippen LogP contribution in [0.25, 0.3) is 11.4 Å². The number of likely N-dealkylation sites (N-methyl/N-ethyl adjacent to an activating group) is 1. The number of cyclic esters (lactones) is 1. The number of fused-ring (bicyclic) bond motifs is 4. The van der Waals surface area contributed by atoms with Gasteiger partial charge in [-0.15, -0.1) is 0 Å². The van der Waals surface area contributed by atoms with Gasteiger partial charge >= 0.3 is 5.97 Å². The molecule has 3 aliphatic heterocycles. The van der Waals surface area contributed by atoms with E-state index in [1.807, 2.05) is 51.0 Å². The molecule has 12 atom stereocenters. The number of hydrogen-bond donors (Lipinski definition) is 5. The number of carbonyl (C=O) groups excluding carboxylic acids is 3. The van der Waals surface area contributed by atoms with Gasteiger partial charge in [0.15, 0.2) is 12.1 Å². The second-order valence-corrected chi connectivity index (χ2v) is 17.6. The Hall–Kier alpha value is -4.49. The zero-order chi connectivity index (χ0) is 45.7. The van der Waals surface area contributed by atoms with Crippen molar-refractivity contribution >= 4 is 23.5 Å². The fourth-order valence-electron chi connectivity index (χ4n) is 8.83. The number of esters is 1. The molecule has 2 bridgehead atoms. The lowest BCUT2D eigenvalue weighted by atomic mass is 9.76. The Morgan fingerprint density at radius 1 is 1.10 bits per heavy atom. The number of rotatable bonds is 10. The summed E-state index contributed by atoms with van der Waals surface area (Å²) >= 11 is 0. The number of nitrogens with zero attached hydrogens (tertiary/aromatic N) is 3. The predicted molar refractivity (Wildman–Crippen MR) is 229 cm³/mol. The maximum absolute atomic E-state index is 14.5. The highest BCUT2D eigenvalue weighted by molar-refractivity contribution is 6.00. The molecule has 0 aromatic carbocycles. The lowest BCUT2D eigenvalue weighted by Crippen LogP contribution is -2.59. The van der Waals surface area contributed by atoms with Crippen LogP contribution in [0.15, 0.2) is 59.8 Å². The van der Waals surface area contributed by atoms with Gasteiger partial charge < -0.3 is 49.8 Å². The highest BCUT2D eigenvalue weighted by Crippen LogP contribution is 2.41. The molecule has 0 radical (unpaired) electrons. The summed E-state index contributed by atoms with van der Waals surface area (Å²) in [5, 5.41) is 27.1. The standard InChI is InChI=1S/C45H66N6O11/c1-12-35-45(9,56)41-26(4)37(48-29(7)52)24(2)19-44(8,40(27(5)38(53)28(6)42(55)61-35)62-43-39(54)34(51(10)11)18-25(3)60-43)58-23-31(22-57-41)50-59-21-30-16-17-32(47-20-30)33-14-13-15-36(46)49-33/h13-17,20,23-25,27-28,34-35,39-41,43,50,54,56H,12,18-19,21-22H2,1-11H3,(H2,46,49)(H,48,52)/b31-23-,37-26+/t24-,25-,27+,28-,34+,35-,39-,40-,41-,43+,44-,45-/m1/s1. The number of aliphatic hydroxyl groups is 2. The Morgan fingerprint density at radius 2 is 1.82 bits per heavy atom. The minimum Gasteiger partial charge on any atom is -0.490 e. The fraction of sp³-hybridized carbons (Fsp3) is 0.622. The molecule has 5 heterocycles. The minimum atomic E-state index is -1.88. The number of aromatic nitrogens is 2. The van der Waals surface area contributed by atoms with Crippen molar-refractivity contribution in [2.45, 2.75) is 142 Å². The molecule has 1 amide bonds. The first-order valence-corrected chi connectivity index (χ1v) is 21.3. The second-order valence-electron chi connectivity index (χ2n) is 17.6. The largest absolute Gasteiger partial charge is 0.490 e. The van der Waals surface area contributed by atoms with Gasteiger partial charge in [0.1, 0.15) is 60.2 Å². The van der Waals surface area contributed by atoms with Crippen molar-refractivity contribution in [2.24, 2.45) is 17.8 Å². The summed E-state index contributed by atoms with van der Waals surface area (Å²) in [6.07, 6.45) is -2.23. The number of carbonyl (C=O) groups is 3. The van der Waals surface area contributed by atoms with Gasteiger partial charge in [0.2, 0.25) is 5.91 Å². The van der Waals surface area contributed by atoms with E-state index in [4.69, 9.17) is 34.3 Å². The Bertz CT molecular complexity index is 1960. The number of nitrogen functional groups attached to an aromatic ring is 1. The molecule has 1 fully saturated rings. The van der Waals surface area contributed by atoms with Crippen LogP contribution in [-0.2, 0) is 49.5 Å². The molecule has 3 aliphatic rings. The van der Waals surface area contributed by atoms with Crippen LogP contribution in [0.4, 0.5) is 5.82 Å². The van der Waals surface area contributed by atoms with Crippen LogP contribution in [0.1, 0.15) is 87.1 Å². The van der Waals surface area contributed by atoms with E-state index in [0.717, 1.165) is 5.56 Å². The van der Waals surface area contributed by atoms with E-state index in [0.29, 0.717) is 34.9 Å². The average Bonchev–Trinajstić information content (AvgIpc) is 3.23. The lowest BCUT2D eigenvalue weighted by Gasteiger charge is -2.47. The Morgan fingerprint density at radius 3 is 2.45 bits per heavy atom. The molecule has 342 valence electrons. The van der Waals surface area contributed by atoms with Crippen LogP contribution in [0.3, 0.4) is 0 Å². The summed E-state index contributed by atoms with van der Waals surface area (Å²) in [6.45, 7) is 14.9. The molecule has 0 aliphatic carbocycles. The van der Waals surface area contributed by atoms with Gasteiger partial charge in [-0.3, -0.25) is 29.7 Å². The van der Waals surface area contributed by atoms with Gasteiger partial charge in [-0.05, 0) is 97.3 Å². The van der Waals surface area contributed by atoms with Gasteiger partial charge in [0.25, 0.3) is 0 Å². The third kappa shape index (κ3) is 11.2. The van der Waals surface area contributed by atoms with Crippen molar-refractivity contribution in [3.63, 3.8) is 0 Å². The zero-order valence-corrected chi connectivity index (χ0v) is 37.8. The number of hydroxylamine groups is 1. The van der Waals surface area contributed by atoms with Crippen molar-refractivity contribution < 1.29 is 53.1 Å². The van der Waals surface area contributed by atoms with Gasteiger partial charge in [0, 0.05) is 36.7 Å². The molecule has 2 aromatic rings. The molecule has 0 spiro atoms. The molecule has 0 unspecified atom stereocenters. The monoisotopic (exact) mass is 866 g/mol. The van der Waals surface area contributed by atoms with Gasteiger partial charge in [-0.25, -0.2) is 4.98 Å². The number of nitrogens with one attached hydrogen (secondary N) is 2. The maximum Gasteiger partial charge on any atom is 0.316 e. The third-order valence-electron chi connectivity index (χ3n) is 12.2. The van der Waals surface area contributed by atoms with E-state index in [-0.39, 0.29) is 49.8 Å². The first kappa shape index (κ1) is 48.5. The molecule has 0 saturated carbocycles. The summed E-state index contributed by atoms with van der Waals surface area (Å²) in [5.74, 6) is -4.18. The summed E-state index contributed by atoms with van der Waals surface area (Å²) in [5.41, 5.74) is 8.65. The number of nitrogens with two attached hydrogens (primary N) is 1. The summed E-state index contributed by atoms with van der Waals surface area (Å²) in [4.78, 5) is 58.1. The quantitative estimate of drug-likeness (QED) is 0.130. The molecule has 17 nitrogen and oxygen atoms in total. The Balaban J connectivity index is 1.62. The Kier molecular flexibility index (Phi) is 15.9. The molecule has 17 heteroatoms. The first-order valence-electron chi connectivity index (χ1n) is 21.3. The van der Waals surface area contributed by atoms with Crippen LogP contribution in [-0.4, -0.2) is 117 Å². The zero-order valence-electron chi connectivity index (χ0n) is 37.8. The third-order valence-corrected chi connectivity index (χ3v) is 12.2. The number of anilines is 1. The molecular formula is C45H66N6O11. The van der Waals surface area contributed by atoms with Crippen molar-refractivity contribution in [3.8, 4) is 11.4 Å². The topological polar surface area (TPSA) is 226 Å². The smallest absolute Gasteiger partial charge is 0.316 e. The van der Waals surface area contributed by atoms with Gasteiger partial charge in [-0.1, -0.05) is 32.9 Å². The Labute approximate surface area is 364 Å².